The van der Waals surface area contributed by atoms with Crippen molar-refractivity contribution < 1.29 is 9.50 Å². The van der Waals surface area contributed by atoms with Gasteiger partial charge in [0.2, 0.25) is 5.43 Å². The van der Waals surface area contributed by atoms with Crippen LogP contribution >= 0.6 is 11.6 Å². The van der Waals surface area contributed by atoms with E-state index in [9.17, 15) is 19.1 Å². The third-order valence-corrected chi connectivity index (χ3v) is 4.57. The predicted molar refractivity (Wildman–Crippen MR) is 101 cm³/mol. The minimum absolute atomic E-state index is 0.0557. The Hall–Kier alpha value is -3.52. The highest BCUT2D eigenvalue weighted by atomic mass is 35.5. The van der Waals surface area contributed by atoms with Crippen LogP contribution in [0, 0.1) is 5.82 Å². The first-order valence-electron chi connectivity index (χ1n) is 8.13. The number of pyridine rings is 1. The molecule has 0 aliphatic carbocycles. The second-order valence-electron chi connectivity index (χ2n) is 6.05. The highest BCUT2D eigenvalue weighted by molar-refractivity contribution is 6.30. The minimum atomic E-state index is -0.710. The Bertz CT molecular complexity index is 1320. The number of benzene rings is 1. The van der Waals surface area contributed by atoms with Crippen LogP contribution in [0.25, 0.3) is 16.8 Å². The number of hydrogen-bond donors (Lipinski definition) is 1. The van der Waals surface area contributed by atoms with Crippen molar-refractivity contribution in [3.8, 4) is 17.0 Å². The Morgan fingerprint density at radius 1 is 1.18 bits per heavy atom. The molecule has 0 radical (unpaired) electrons. The van der Waals surface area contributed by atoms with Crippen LogP contribution in [0.5, 0.6) is 5.75 Å². The van der Waals surface area contributed by atoms with Gasteiger partial charge >= 0.3 is 0 Å². The molecule has 28 heavy (non-hydrogen) atoms. The Morgan fingerprint density at radius 3 is 2.71 bits per heavy atom. The molecule has 3 aromatic heterocycles. The van der Waals surface area contributed by atoms with Crippen molar-refractivity contribution >= 4 is 17.1 Å². The van der Waals surface area contributed by atoms with Crippen LogP contribution in [0.15, 0.2) is 65.0 Å². The SMILES string of the molecule is O=c1c(-c2ccncn2)cn2ccn(Cc3ccc(F)c(Cl)c3)c(=O)c2c1O. The van der Waals surface area contributed by atoms with Gasteiger partial charge in [-0.2, -0.15) is 0 Å². The molecule has 3 heterocycles. The maximum atomic E-state index is 13.3. The molecule has 0 saturated heterocycles. The van der Waals surface area contributed by atoms with E-state index in [1.807, 2.05) is 0 Å². The Labute approximate surface area is 161 Å². The van der Waals surface area contributed by atoms with Crippen molar-refractivity contribution in [3.05, 3.63) is 92.4 Å². The van der Waals surface area contributed by atoms with Gasteiger partial charge in [0.25, 0.3) is 5.56 Å². The molecule has 1 aromatic carbocycles. The molecule has 0 amide bonds. The van der Waals surface area contributed by atoms with E-state index in [-0.39, 0.29) is 22.6 Å². The average Bonchev–Trinajstić information content (AvgIpc) is 2.70. The number of rotatable bonds is 3. The number of fused-ring (bicyclic) bond motifs is 1. The van der Waals surface area contributed by atoms with Crippen molar-refractivity contribution in [1.82, 2.24) is 18.9 Å². The normalized spacial score (nSPS) is 11.1. The van der Waals surface area contributed by atoms with E-state index in [1.54, 1.807) is 0 Å². The standard InChI is InChI=1S/C19H12ClFN4O3/c20-13-7-11(1-2-14(13)21)8-25-6-5-24-9-12(15-3-4-22-10-23-15)17(26)18(27)16(24)19(25)28/h1-7,9-10,27H,8H2. The summed E-state index contributed by atoms with van der Waals surface area (Å²) >= 11 is 5.78. The zero-order valence-electron chi connectivity index (χ0n) is 14.2. The van der Waals surface area contributed by atoms with Crippen LogP contribution in [0.1, 0.15) is 5.56 Å². The second kappa shape index (κ2) is 6.90. The molecule has 0 unspecified atom stereocenters. The lowest BCUT2D eigenvalue weighted by molar-refractivity contribution is 0.472. The summed E-state index contributed by atoms with van der Waals surface area (Å²) in [5.74, 6) is -1.23. The van der Waals surface area contributed by atoms with Gasteiger partial charge in [-0.25, -0.2) is 14.4 Å². The van der Waals surface area contributed by atoms with Crippen LogP contribution in [0.2, 0.25) is 5.02 Å². The zero-order chi connectivity index (χ0) is 19.8. The fraction of sp³-hybridized carbons (Fsp3) is 0.0526. The largest absolute Gasteiger partial charge is 0.503 e. The molecule has 0 fully saturated rings. The quantitative estimate of drug-likeness (QED) is 0.572. The molecule has 0 aliphatic heterocycles. The van der Waals surface area contributed by atoms with Crippen molar-refractivity contribution in [2.75, 3.05) is 0 Å². The number of aromatic hydroxyl groups is 1. The lowest BCUT2D eigenvalue weighted by atomic mass is 10.1. The summed E-state index contributed by atoms with van der Waals surface area (Å²) in [6, 6.07) is 5.65. The van der Waals surface area contributed by atoms with Crippen molar-refractivity contribution in [2.24, 2.45) is 0 Å². The first kappa shape index (κ1) is 17.9. The summed E-state index contributed by atoms with van der Waals surface area (Å²) in [7, 11) is 0. The van der Waals surface area contributed by atoms with Gasteiger partial charge in [-0.15, -0.1) is 0 Å². The monoisotopic (exact) mass is 398 g/mol. The number of nitrogens with zero attached hydrogens (tertiary/aromatic N) is 4. The second-order valence-corrected chi connectivity index (χ2v) is 6.46. The van der Waals surface area contributed by atoms with Crippen molar-refractivity contribution in [2.45, 2.75) is 6.54 Å². The highest BCUT2D eigenvalue weighted by Crippen LogP contribution is 2.19. The van der Waals surface area contributed by atoms with Crippen molar-refractivity contribution in [3.63, 3.8) is 0 Å². The highest BCUT2D eigenvalue weighted by Gasteiger charge is 2.16. The smallest absolute Gasteiger partial charge is 0.279 e. The lowest BCUT2D eigenvalue weighted by Gasteiger charge is -2.11. The molecule has 7 nitrogen and oxygen atoms in total. The molecule has 0 atom stereocenters. The molecule has 1 N–H and O–H groups in total. The van der Waals surface area contributed by atoms with Crippen LogP contribution in [0.3, 0.4) is 0 Å². The summed E-state index contributed by atoms with van der Waals surface area (Å²) in [4.78, 5) is 33.2. The van der Waals surface area contributed by atoms with Crippen LogP contribution < -0.4 is 11.0 Å². The van der Waals surface area contributed by atoms with Gasteiger partial charge in [-0.3, -0.25) is 9.59 Å². The van der Waals surface area contributed by atoms with E-state index in [4.69, 9.17) is 11.6 Å². The van der Waals surface area contributed by atoms with Gasteiger partial charge in [0.05, 0.1) is 22.8 Å². The van der Waals surface area contributed by atoms with Gasteiger partial charge in [-0.05, 0) is 23.8 Å². The Morgan fingerprint density at radius 2 is 2.00 bits per heavy atom. The third-order valence-electron chi connectivity index (χ3n) is 4.28. The van der Waals surface area contributed by atoms with Crippen LogP contribution in [0.4, 0.5) is 4.39 Å². The van der Waals surface area contributed by atoms with Gasteiger partial charge in [-0.1, -0.05) is 17.7 Å². The first-order valence-corrected chi connectivity index (χ1v) is 8.51. The van der Waals surface area contributed by atoms with E-state index in [0.29, 0.717) is 11.3 Å². The number of aromatic nitrogens is 4. The summed E-state index contributed by atoms with van der Waals surface area (Å²) in [6.45, 7) is 0.0939. The summed E-state index contributed by atoms with van der Waals surface area (Å²) in [5, 5.41) is 10.3. The predicted octanol–water partition coefficient (Wildman–Crippen LogP) is 2.46. The van der Waals surface area contributed by atoms with Crippen molar-refractivity contribution in [1.29, 1.82) is 0 Å². The minimum Gasteiger partial charge on any atom is -0.503 e. The lowest BCUT2D eigenvalue weighted by Crippen LogP contribution is -2.24. The average molecular weight is 399 g/mol. The maximum absolute atomic E-state index is 13.3. The topological polar surface area (TPSA) is 89.5 Å². The molecule has 140 valence electrons. The van der Waals surface area contributed by atoms with Gasteiger partial charge < -0.3 is 14.1 Å². The third kappa shape index (κ3) is 3.03. The van der Waals surface area contributed by atoms with E-state index in [2.05, 4.69) is 9.97 Å². The molecule has 9 heteroatoms. The van der Waals surface area contributed by atoms with Crippen LogP contribution in [-0.2, 0) is 6.54 Å². The summed E-state index contributed by atoms with van der Waals surface area (Å²) < 4.78 is 16.0. The number of hydrogen-bond acceptors (Lipinski definition) is 5. The fourth-order valence-electron chi connectivity index (χ4n) is 2.90. The van der Waals surface area contributed by atoms with E-state index in [0.717, 1.165) is 0 Å². The van der Waals surface area contributed by atoms with E-state index in [1.165, 1.54) is 64.3 Å². The van der Waals surface area contributed by atoms with E-state index < -0.39 is 22.6 Å². The fourth-order valence-corrected chi connectivity index (χ4v) is 3.10. The number of halogens is 2. The molecular formula is C19H12ClFN4O3. The molecular weight excluding hydrogens is 387 g/mol. The van der Waals surface area contributed by atoms with Gasteiger partial charge in [0, 0.05) is 24.8 Å². The Balaban J connectivity index is 1.86. The molecule has 0 saturated carbocycles. The molecule has 4 aromatic rings. The molecule has 0 spiro atoms. The molecule has 0 bridgehead atoms. The zero-order valence-corrected chi connectivity index (χ0v) is 15.0. The van der Waals surface area contributed by atoms with Gasteiger partial charge in [0.1, 0.15) is 12.1 Å². The molecule has 0 aliphatic rings. The Kier molecular flexibility index (Phi) is 4.40. The van der Waals surface area contributed by atoms with Gasteiger partial charge in [0.15, 0.2) is 11.3 Å². The van der Waals surface area contributed by atoms with E-state index >= 15 is 0 Å². The first-order chi connectivity index (χ1) is 13.5. The van der Waals surface area contributed by atoms with Crippen LogP contribution in [-0.4, -0.2) is 24.0 Å². The molecule has 4 rings (SSSR count). The summed E-state index contributed by atoms with van der Waals surface area (Å²) in [5.41, 5.74) is -0.393. The summed E-state index contributed by atoms with van der Waals surface area (Å²) in [6.07, 6.45) is 7.22. The maximum Gasteiger partial charge on any atom is 0.279 e.